The van der Waals surface area contributed by atoms with E-state index in [2.05, 4.69) is 12.6 Å². The molecule has 6 aromatic rings. The zero-order chi connectivity index (χ0) is 37.0. The molecule has 6 aromatic carbocycles. The monoisotopic (exact) mass is 742 g/mol. The lowest BCUT2D eigenvalue weighted by Gasteiger charge is -2.29. The Morgan fingerprint density at radius 1 is 0.353 bits per heavy atom. The first-order chi connectivity index (χ1) is 23.8. The molecule has 0 spiro atoms. The van der Waals surface area contributed by atoms with E-state index in [-0.39, 0.29) is 0 Å². The second kappa shape index (κ2) is 13.0. The summed E-state index contributed by atoms with van der Waals surface area (Å²) in [7, 11) is 0. The molecule has 6 rings (SSSR count). The molecular formula is C40H29F9P2. The van der Waals surface area contributed by atoms with Gasteiger partial charge in [0.15, 0.2) is 0 Å². The van der Waals surface area contributed by atoms with Gasteiger partial charge >= 0.3 is 18.5 Å². The van der Waals surface area contributed by atoms with Crippen LogP contribution in [0, 0.1) is 6.92 Å². The van der Waals surface area contributed by atoms with E-state index in [9.17, 15) is 39.5 Å². The minimum atomic E-state index is -4.59. The Labute approximate surface area is 289 Å². The van der Waals surface area contributed by atoms with Crippen LogP contribution in [-0.4, -0.2) is 12.6 Å². The lowest BCUT2D eigenvalue weighted by atomic mass is 10.1. The first-order valence-electron chi connectivity index (χ1n) is 15.4. The van der Waals surface area contributed by atoms with Crippen LogP contribution in [0.2, 0.25) is 0 Å². The molecule has 0 aliphatic rings. The quantitative estimate of drug-likeness (QED) is 0.118. The van der Waals surface area contributed by atoms with Crippen molar-refractivity contribution in [3.63, 3.8) is 0 Å². The van der Waals surface area contributed by atoms with Gasteiger partial charge < -0.3 is 0 Å². The Hall–Kier alpha value is -4.45. The average Bonchev–Trinajstić information content (AvgIpc) is 3.10. The maximum Gasteiger partial charge on any atom is 0.416 e. The second-order valence-electron chi connectivity index (χ2n) is 12.3. The summed E-state index contributed by atoms with van der Waals surface area (Å²) in [6, 6.07) is 32.7. The van der Waals surface area contributed by atoms with Crippen LogP contribution in [-0.2, 0) is 18.5 Å². The summed E-state index contributed by atoms with van der Waals surface area (Å²) in [6.45, 7) is -3.93. The van der Waals surface area contributed by atoms with Crippen LogP contribution >= 0.6 is 13.8 Å². The van der Waals surface area contributed by atoms with Crippen molar-refractivity contribution in [1.29, 1.82) is 0 Å². The molecule has 0 bridgehead atoms. The Bertz CT molecular complexity index is 2240. The minimum Gasteiger partial charge on any atom is -0.166 e. The zero-order valence-corrected chi connectivity index (χ0v) is 28.7. The highest BCUT2D eigenvalue weighted by molar-refractivity contribution is 7.94. The lowest BCUT2D eigenvalue weighted by molar-refractivity contribution is -0.138. The fourth-order valence-electron chi connectivity index (χ4n) is 6.10. The van der Waals surface area contributed by atoms with E-state index in [4.69, 9.17) is 0 Å². The van der Waals surface area contributed by atoms with Crippen LogP contribution in [0.4, 0.5) is 39.5 Å². The number of rotatable bonds is 6. The third-order valence-corrected chi connectivity index (χ3v) is 16.1. The summed E-state index contributed by atoms with van der Waals surface area (Å²) in [6.07, 6.45) is -4.51. The van der Waals surface area contributed by atoms with Crippen molar-refractivity contribution in [3.8, 4) is 0 Å². The highest BCUT2D eigenvalue weighted by Crippen LogP contribution is 2.46. The van der Waals surface area contributed by atoms with Crippen LogP contribution in [0.5, 0.6) is 0 Å². The number of hydrogen-bond acceptors (Lipinski definition) is 0. The van der Waals surface area contributed by atoms with Crippen molar-refractivity contribution in [2.24, 2.45) is 0 Å². The number of fused-ring (bicyclic) bond motifs is 1. The molecule has 0 saturated carbocycles. The van der Waals surface area contributed by atoms with Gasteiger partial charge in [-0.25, -0.2) is 0 Å². The SMILES string of the molecule is C=P(c1ccc(C)cc1)(c1ccc(C(F)(F)F)cc1)c1ccc2ccc(P(=C)(c3ccc(C(F)(F)F)cc3)c3ccc(C(F)(F)F)cc3)cc2c1. The first-order valence-corrected chi connectivity index (χ1v) is 19.4. The highest BCUT2D eigenvalue weighted by atomic mass is 31.2. The van der Waals surface area contributed by atoms with Gasteiger partial charge in [-0.3, -0.25) is 0 Å². The molecule has 51 heavy (non-hydrogen) atoms. The molecule has 0 nitrogen and oxygen atoms in total. The molecule has 0 fully saturated rings. The number of aryl methyl sites for hydroxylation is 1. The molecule has 0 amide bonds. The molecule has 0 saturated heterocycles. The summed E-state index contributed by atoms with van der Waals surface area (Å²) in [5.41, 5.74) is -1.54. The smallest absolute Gasteiger partial charge is 0.166 e. The maximum absolute atomic E-state index is 13.5. The molecule has 0 N–H and O–H groups in total. The largest absolute Gasteiger partial charge is 0.416 e. The Morgan fingerprint density at radius 2 is 0.608 bits per heavy atom. The summed E-state index contributed by atoms with van der Waals surface area (Å²) in [5.74, 6) is 0. The fourth-order valence-corrected chi connectivity index (χ4v) is 11.9. The molecule has 0 radical (unpaired) electrons. The van der Waals surface area contributed by atoms with Gasteiger partial charge in [-0.1, -0.05) is 103 Å². The molecule has 0 aliphatic carbocycles. The van der Waals surface area contributed by atoms with Crippen molar-refractivity contribution < 1.29 is 39.5 Å². The van der Waals surface area contributed by atoms with Crippen molar-refractivity contribution in [2.75, 3.05) is 0 Å². The molecule has 262 valence electrons. The molecule has 0 aliphatic heterocycles. The van der Waals surface area contributed by atoms with E-state index in [1.54, 1.807) is 6.07 Å². The van der Waals surface area contributed by atoms with E-state index < -0.39 is 49.0 Å². The summed E-state index contributed by atoms with van der Waals surface area (Å²) < 4.78 is 121. The van der Waals surface area contributed by atoms with E-state index in [0.717, 1.165) is 58.0 Å². The van der Waals surface area contributed by atoms with E-state index in [1.165, 1.54) is 36.4 Å². The van der Waals surface area contributed by atoms with Gasteiger partial charge in [-0.05, 0) is 112 Å². The van der Waals surface area contributed by atoms with Gasteiger partial charge in [-0.2, -0.15) is 39.5 Å². The van der Waals surface area contributed by atoms with Gasteiger partial charge in [0.2, 0.25) is 0 Å². The standard InChI is InChI=1S/C40H29F9P2/c1-26-4-14-32(15-5-26)50(2,33-18-8-29(9-19-33)38(41,42)43)36-16-6-27-7-17-37(25-28(27)24-36)51(3,34-20-10-30(11-21-34)39(44,45)46)35-22-12-31(13-23-35)40(47,48)49/h4-25H,2-3H2,1H3. The van der Waals surface area contributed by atoms with Crippen LogP contribution in [0.3, 0.4) is 0 Å². The normalized spacial score (nSPS) is 14.0. The molecular weight excluding hydrogens is 713 g/mol. The topological polar surface area (TPSA) is 0 Å². The third-order valence-electron chi connectivity index (χ3n) is 9.07. The molecule has 1 unspecified atom stereocenters. The number of alkyl halides is 9. The highest BCUT2D eigenvalue weighted by Gasteiger charge is 2.34. The second-order valence-corrected chi connectivity index (χ2v) is 18.6. The van der Waals surface area contributed by atoms with Crippen LogP contribution in [0.25, 0.3) is 10.8 Å². The van der Waals surface area contributed by atoms with Gasteiger partial charge in [0.25, 0.3) is 0 Å². The Balaban J connectivity index is 1.55. The fraction of sp³-hybridized carbons (Fsp3) is 0.100. The maximum atomic E-state index is 13.5. The van der Waals surface area contributed by atoms with Crippen LogP contribution in [0.1, 0.15) is 22.3 Å². The predicted octanol–water partition coefficient (Wildman–Crippen LogP) is 9.66. The van der Waals surface area contributed by atoms with Gasteiger partial charge in [0.1, 0.15) is 0 Å². The van der Waals surface area contributed by atoms with Crippen molar-refractivity contribution >= 4 is 69.0 Å². The molecule has 11 heteroatoms. The number of hydrogen-bond donors (Lipinski definition) is 0. The average molecular weight is 743 g/mol. The van der Waals surface area contributed by atoms with Crippen LogP contribution in [0.15, 0.2) is 133 Å². The predicted molar refractivity (Wildman–Crippen MR) is 195 cm³/mol. The lowest BCUT2D eigenvalue weighted by Crippen LogP contribution is -2.27. The van der Waals surface area contributed by atoms with Crippen molar-refractivity contribution in [3.05, 3.63) is 156 Å². The van der Waals surface area contributed by atoms with Gasteiger partial charge in [0.05, 0.1) is 16.7 Å². The van der Waals surface area contributed by atoms with Crippen molar-refractivity contribution in [1.82, 2.24) is 0 Å². The summed E-state index contributed by atoms with van der Waals surface area (Å²) in [4.78, 5) is 0. The number of benzene rings is 6. The minimum absolute atomic E-state index is 0.425. The zero-order valence-electron chi connectivity index (χ0n) is 26.9. The molecule has 1 atom stereocenters. The van der Waals surface area contributed by atoms with Gasteiger partial charge in [0, 0.05) is 0 Å². The third kappa shape index (κ3) is 6.94. The Kier molecular flexibility index (Phi) is 9.23. The van der Waals surface area contributed by atoms with E-state index in [0.29, 0.717) is 26.6 Å². The first kappa shape index (κ1) is 36.3. The van der Waals surface area contributed by atoms with Crippen molar-refractivity contribution in [2.45, 2.75) is 25.5 Å². The molecule has 0 heterocycles. The van der Waals surface area contributed by atoms with Gasteiger partial charge in [-0.15, -0.1) is 0 Å². The summed E-state index contributed by atoms with van der Waals surface area (Å²) >= 11 is 0. The number of halogens is 9. The van der Waals surface area contributed by atoms with E-state index >= 15 is 0 Å². The molecule has 0 aromatic heterocycles. The van der Waals surface area contributed by atoms with E-state index in [1.807, 2.05) is 61.5 Å². The summed E-state index contributed by atoms with van der Waals surface area (Å²) in [5, 5.41) is 5.14. The van der Waals surface area contributed by atoms with Crippen LogP contribution < -0.4 is 31.8 Å². The Morgan fingerprint density at radius 3 is 0.882 bits per heavy atom.